The maximum absolute atomic E-state index is 11.4. The number of carbonyl (C=O) groups is 1. The summed E-state index contributed by atoms with van der Waals surface area (Å²) in [7, 11) is 0. The van der Waals surface area contributed by atoms with Crippen molar-refractivity contribution in [3.05, 3.63) is 0 Å². The first kappa shape index (κ1) is 25.4. The summed E-state index contributed by atoms with van der Waals surface area (Å²) in [6.45, 7) is 4.17. The van der Waals surface area contributed by atoms with Crippen molar-refractivity contribution >= 4 is 5.97 Å². The van der Waals surface area contributed by atoms with Crippen LogP contribution in [-0.2, 0) is 9.53 Å². The second-order valence-corrected chi connectivity index (χ2v) is 7.81. The van der Waals surface area contributed by atoms with E-state index in [0.717, 1.165) is 18.8 Å². The van der Waals surface area contributed by atoms with Gasteiger partial charge in [-0.25, -0.2) is 0 Å². The molecule has 0 aromatic rings. The zero-order valence-electron chi connectivity index (χ0n) is 17.4. The molecule has 0 saturated heterocycles. The molecule has 0 heterocycles. The first-order chi connectivity index (χ1) is 12.6. The van der Waals surface area contributed by atoms with Gasteiger partial charge in [-0.05, 0) is 12.3 Å². The molecule has 0 aliphatic rings. The number of ether oxygens (including phenoxy) is 1. The molecule has 0 amide bonds. The van der Waals surface area contributed by atoms with Gasteiger partial charge in [0.05, 0.1) is 6.61 Å². The standard InChI is InChI=1S/C22H44O4/c1-3-20(2)16-14-12-10-8-6-4-5-7-9-11-13-15-17-22(25)26-19-21(24)18-23/h20-21,23-24H,3-19H2,1-2H3/t20-,21+/m0/s1. The average molecular weight is 373 g/mol. The van der Waals surface area contributed by atoms with Crippen molar-refractivity contribution < 1.29 is 19.7 Å². The largest absolute Gasteiger partial charge is 0.463 e. The molecule has 0 radical (unpaired) electrons. The Bertz CT molecular complexity index is 307. The topological polar surface area (TPSA) is 66.8 Å². The zero-order valence-corrected chi connectivity index (χ0v) is 17.4. The summed E-state index contributed by atoms with van der Waals surface area (Å²) in [6.07, 6.45) is 17.5. The third kappa shape index (κ3) is 18.2. The molecule has 0 aromatic heterocycles. The molecule has 0 bridgehead atoms. The van der Waals surface area contributed by atoms with Crippen LogP contribution in [0.25, 0.3) is 0 Å². The lowest BCUT2D eigenvalue weighted by atomic mass is 9.99. The van der Waals surface area contributed by atoms with Crippen LogP contribution in [0.1, 0.15) is 110 Å². The van der Waals surface area contributed by atoms with Gasteiger partial charge in [0, 0.05) is 6.42 Å². The lowest BCUT2D eigenvalue weighted by molar-refractivity contribution is -0.147. The summed E-state index contributed by atoms with van der Waals surface area (Å²) in [6, 6.07) is 0. The molecule has 4 heteroatoms. The van der Waals surface area contributed by atoms with Crippen LogP contribution in [0.3, 0.4) is 0 Å². The fourth-order valence-electron chi connectivity index (χ4n) is 3.05. The van der Waals surface area contributed by atoms with Gasteiger partial charge in [0.1, 0.15) is 12.7 Å². The molecular weight excluding hydrogens is 328 g/mol. The summed E-state index contributed by atoms with van der Waals surface area (Å²) >= 11 is 0. The summed E-state index contributed by atoms with van der Waals surface area (Å²) in [5.41, 5.74) is 0. The monoisotopic (exact) mass is 372 g/mol. The molecule has 0 rings (SSSR count). The maximum Gasteiger partial charge on any atom is 0.305 e. The normalized spacial score (nSPS) is 13.5. The molecule has 4 nitrogen and oxygen atoms in total. The lowest BCUT2D eigenvalue weighted by Crippen LogP contribution is -2.21. The fourth-order valence-corrected chi connectivity index (χ4v) is 3.05. The molecule has 0 aliphatic carbocycles. The van der Waals surface area contributed by atoms with Crippen LogP contribution >= 0.6 is 0 Å². The van der Waals surface area contributed by atoms with Gasteiger partial charge >= 0.3 is 5.97 Å². The van der Waals surface area contributed by atoms with Crippen LogP contribution in [0.2, 0.25) is 0 Å². The van der Waals surface area contributed by atoms with E-state index in [1.54, 1.807) is 0 Å². The molecule has 0 aromatic carbocycles. The van der Waals surface area contributed by atoms with Crippen LogP contribution in [-0.4, -0.2) is 35.5 Å². The number of hydrogen-bond acceptors (Lipinski definition) is 4. The average Bonchev–Trinajstić information content (AvgIpc) is 2.65. The minimum absolute atomic E-state index is 0.104. The van der Waals surface area contributed by atoms with E-state index < -0.39 is 6.10 Å². The van der Waals surface area contributed by atoms with Gasteiger partial charge in [-0.3, -0.25) is 4.79 Å². The van der Waals surface area contributed by atoms with Crippen molar-refractivity contribution in [2.45, 2.75) is 116 Å². The Morgan fingerprint density at radius 3 is 1.77 bits per heavy atom. The van der Waals surface area contributed by atoms with Gasteiger partial charge in [-0.15, -0.1) is 0 Å². The van der Waals surface area contributed by atoms with Crippen LogP contribution in [0.5, 0.6) is 0 Å². The smallest absolute Gasteiger partial charge is 0.305 e. The van der Waals surface area contributed by atoms with E-state index in [-0.39, 0.29) is 19.2 Å². The highest BCUT2D eigenvalue weighted by molar-refractivity contribution is 5.69. The minimum Gasteiger partial charge on any atom is -0.463 e. The highest BCUT2D eigenvalue weighted by Crippen LogP contribution is 2.15. The maximum atomic E-state index is 11.4. The molecule has 2 N–H and O–H groups in total. The summed E-state index contributed by atoms with van der Waals surface area (Å²) < 4.78 is 4.87. The van der Waals surface area contributed by atoms with E-state index in [4.69, 9.17) is 14.9 Å². The van der Waals surface area contributed by atoms with E-state index in [1.165, 1.54) is 77.0 Å². The lowest BCUT2D eigenvalue weighted by Gasteiger charge is -2.08. The Morgan fingerprint density at radius 1 is 0.846 bits per heavy atom. The zero-order chi connectivity index (χ0) is 19.5. The van der Waals surface area contributed by atoms with Gasteiger partial charge in [0.2, 0.25) is 0 Å². The van der Waals surface area contributed by atoms with Gasteiger partial charge in [0.25, 0.3) is 0 Å². The second kappa shape index (κ2) is 19.2. The predicted octanol–water partition coefficient (Wildman–Crippen LogP) is 5.39. The SMILES string of the molecule is CC[C@H](C)CCCCCCCCCCCCCCC(=O)OC[C@H](O)CO. The molecule has 0 unspecified atom stereocenters. The van der Waals surface area contributed by atoms with Gasteiger partial charge in [-0.2, -0.15) is 0 Å². The third-order valence-corrected chi connectivity index (χ3v) is 5.17. The van der Waals surface area contributed by atoms with E-state index >= 15 is 0 Å². The molecule has 2 atom stereocenters. The van der Waals surface area contributed by atoms with Gasteiger partial charge in [0.15, 0.2) is 0 Å². The Balaban J connectivity index is 3.16. The summed E-state index contributed by atoms with van der Waals surface area (Å²) in [5, 5.41) is 17.7. The number of aliphatic hydroxyl groups excluding tert-OH is 2. The number of aliphatic hydroxyl groups is 2. The summed E-state index contributed by atoms with van der Waals surface area (Å²) in [5.74, 6) is 0.626. The van der Waals surface area contributed by atoms with Crippen LogP contribution in [0.4, 0.5) is 0 Å². The van der Waals surface area contributed by atoms with Crippen LogP contribution in [0.15, 0.2) is 0 Å². The van der Waals surface area contributed by atoms with E-state index in [9.17, 15) is 4.79 Å². The van der Waals surface area contributed by atoms with Crippen molar-refractivity contribution in [3.8, 4) is 0 Å². The van der Waals surface area contributed by atoms with Crippen molar-refractivity contribution in [1.29, 1.82) is 0 Å². The highest BCUT2D eigenvalue weighted by Gasteiger charge is 2.07. The van der Waals surface area contributed by atoms with Crippen molar-refractivity contribution in [2.24, 2.45) is 5.92 Å². The minimum atomic E-state index is -0.955. The van der Waals surface area contributed by atoms with Crippen molar-refractivity contribution in [3.63, 3.8) is 0 Å². The summed E-state index contributed by atoms with van der Waals surface area (Å²) in [4.78, 5) is 11.4. The Morgan fingerprint density at radius 2 is 1.31 bits per heavy atom. The van der Waals surface area contributed by atoms with Gasteiger partial charge in [-0.1, -0.05) is 97.3 Å². The fraction of sp³-hybridized carbons (Fsp3) is 0.955. The number of unbranched alkanes of at least 4 members (excludes halogenated alkanes) is 11. The number of rotatable bonds is 19. The third-order valence-electron chi connectivity index (χ3n) is 5.17. The molecule has 26 heavy (non-hydrogen) atoms. The predicted molar refractivity (Wildman–Crippen MR) is 108 cm³/mol. The van der Waals surface area contributed by atoms with E-state index in [1.807, 2.05) is 0 Å². The molecule has 0 saturated carbocycles. The Labute approximate surface area is 161 Å². The number of esters is 1. The number of hydrogen-bond donors (Lipinski definition) is 2. The van der Waals surface area contributed by atoms with Crippen LogP contribution in [0, 0.1) is 5.92 Å². The van der Waals surface area contributed by atoms with Crippen molar-refractivity contribution in [2.75, 3.05) is 13.2 Å². The molecule has 0 fully saturated rings. The quantitative estimate of drug-likeness (QED) is 0.236. The highest BCUT2D eigenvalue weighted by atomic mass is 16.5. The first-order valence-corrected chi connectivity index (χ1v) is 11.0. The Kier molecular flexibility index (Phi) is 18.7. The van der Waals surface area contributed by atoms with E-state index in [2.05, 4.69) is 13.8 Å². The van der Waals surface area contributed by atoms with Gasteiger partial charge < -0.3 is 14.9 Å². The molecule has 156 valence electrons. The molecule has 0 aliphatic heterocycles. The molecular formula is C22H44O4. The van der Waals surface area contributed by atoms with Crippen molar-refractivity contribution in [1.82, 2.24) is 0 Å². The Hall–Kier alpha value is -0.610. The first-order valence-electron chi connectivity index (χ1n) is 11.0. The number of carbonyl (C=O) groups excluding carboxylic acids is 1. The molecule has 0 spiro atoms. The second-order valence-electron chi connectivity index (χ2n) is 7.81. The van der Waals surface area contributed by atoms with E-state index in [0.29, 0.717) is 6.42 Å². The van der Waals surface area contributed by atoms with Crippen LogP contribution < -0.4 is 0 Å².